The molecular formula is C14H20N4O. The molecule has 0 bridgehead atoms. The molecule has 1 fully saturated rings. The van der Waals surface area contributed by atoms with Crippen molar-refractivity contribution in [3.05, 3.63) is 23.8 Å². The molecule has 1 aliphatic carbocycles. The molecule has 0 spiro atoms. The van der Waals surface area contributed by atoms with Crippen LogP contribution in [0.3, 0.4) is 0 Å². The molecule has 2 heterocycles. The summed E-state index contributed by atoms with van der Waals surface area (Å²) in [6.45, 7) is 0.659. The van der Waals surface area contributed by atoms with Crippen LogP contribution in [-0.2, 0) is 11.3 Å². The average molecular weight is 260 g/mol. The van der Waals surface area contributed by atoms with Crippen LogP contribution in [0.4, 0.5) is 0 Å². The number of hydrogen-bond acceptors (Lipinski definition) is 4. The van der Waals surface area contributed by atoms with Gasteiger partial charge in [0.1, 0.15) is 12.4 Å². The fourth-order valence-corrected chi connectivity index (χ4v) is 3.14. The van der Waals surface area contributed by atoms with Crippen LogP contribution >= 0.6 is 0 Å². The van der Waals surface area contributed by atoms with Gasteiger partial charge in [-0.25, -0.2) is 9.97 Å². The van der Waals surface area contributed by atoms with Gasteiger partial charge in [0.2, 0.25) is 5.91 Å². The van der Waals surface area contributed by atoms with Crippen LogP contribution in [0, 0.1) is 0 Å². The first-order chi connectivity index (χ1) is 9.27. The van der Waals surface area contributed by atoms with Gasteiger partial charge < -0.3 is 4.90 Å². The van der Waals surface area contributed by atoms with Crippen LogP contribution in [0.1, 0.15) is 49.4 Å². The SMILES string of the molecule is CN(C(=O)C1NCc2ncncc21)C1CCCCC1. The molecule has 1 atom stereocenters. The third kappa shape index (κ3) is 2.34. The Morgan fingerprint density at radius 2 is 2.16 bits per heavy atom. The molecule has 1 aromatic heterocycles. The minimum Gasteiger partial charge on any atom is -0.341 e. The van der Waals surface area contributed by atoms with E-state index in [-0.39, 0.29) is 11.9 Å². The van der Waals surface area contributed by atoms with E-state index in [1.54, 1.807) is 6.20 Å². The highest BCUT2D eigenvalue weighted by Crippen LogP contribution is 2.27. The summed E-state index contributed by atoms with van der Waals surface area (Å²) in [4.78, 5) is 22.8. The first-order valence-electron chi connectivity index (χ1n) is 7.06. The van der Waals surface area contributed by atoms with E-state index in [2.05, 4.69) is 15.3 Å². The van der Waals surface area contributed by atoms with E-state index >= 15 is 0 Å². The zero-order valence-corrected chi connectivity index (χ0v) is 11.3. The predicted octanol–water partition coefficient (Wildman–Crippen LogP) is 1.41. The Bertz CT molecular complexity index is 470. The fourth-order valence-electron chi connectivity index (χ4n) is 3.14. The number of hydrogen-bond donors (Lipinski definition) is 1. The molecule has 0 radical (unpaired) electrons. The van der Waals surface area contributed by atoms with Gasteiger partial charge in [-0.15, -0.1) is 0 Å². The summed E-state index contributed by atoms with van der Waals surface area (Å²) in [5.74, 6) is 0.153. The van der Waals surface area contributed by atoms with Crippen LogP contribution in [0.2, 0.25) is 0 Å². The number of likely N-dealkylation sites (N-methyl/N-ethyl adjacent to an activating group) is 1. The molecule has 0 saturated heterocycles. The molecular weight excluding hydrogens is 240 g/mol. The first-order valence-corrected chi connectivity index (χ1v) is 7.06. The lowest BCUT2D eigenvalue weighted by molar-refractivity contribution is -0.134. The molecule has 1 aromatic rings. The van der Waals surface area contributed by atoms with Gasteiger partial charge in [-0.2, -0.15) is 0 Å². The van der Waals surface area contributed by atoms with Crippen molar-refractivity contribution in [1.29, 1.82) is 0 Å². The lowest BCUT2D eigenvalue weighted by atomic mass is 9.94. The quantitative estimate of drug-likeness (QED) is 0.873. The minimum atomic E-state index is -0.261. The number of nitrogens with zero attached hydrogens (tertiary/aromatic N) is 3. The van der Waals surface area contributed by atoms with E-state index in [0.717, 1.165) is 24.1 Å². The molecule has 1 amide bonds. The van der Waals surface area contributed by atoms with E-state index in [9.17, 15) is 4.79 Å². The second-order valence-electron chi connectivity index (χ2n) is 5.48. The molecule has 1 N–H and O–H groups in total. The molecule has 1 saturated carbocycles. The lowest BCUT2D eigenvalue weighted by Gasteiger charge is -2.33. The fraction of sp³-hybridized carbons (Fsp3) is 0.643. The zero-order chi connectivity index (χ0) is 13.2. The standard InChI is InChI=1S/C14H20N4O/c1-18(10-5-3-2-4-6-10)14(19)13-11-7-15-9-17-12(11)8-16-13/h7,9-10,13,16H,2-6,8H2,1H3. The van der Waals surface area contributed by atoms with Crippen LogP contribution in [0.25, 0.3) is 0 Å². The largest absolute Gasteiger partial charge is 0.341 e. The van der Waals surface area contributed by atoms with Crippen LogP contribution in [-0.4, -0.2) is 33.9 Å². The van der Waals surface area contributed by atoms with Crippen molar-refractivity contribution in [2.24, 2.45) is 0 Å². The summed E-state index contributed by atoms with van der Waals surface area (Å²) in [6, 6.07) is 0.139. The molecule has 1 unspecified atom stereocenters. The van der Waals surface area contributed by atoms with Gasteiger partial charge in [-0.1, -0.05) is 19.3 Å². The Morgan fingerprint density at radius 3 is 2.95 bits per heavy atom. The van der Waals surface area contributed by atoms with Gasteiger partial charge in [-0.3, -0.25) is 10.1 Å². The third-order valence-corrected chi connectivity index (χ3v) is 4.33. The average Bonchev–Trinajstić information content (AvgIpc) is 2.90. The maximum absolute atomic E-state index is 12.6. The second kappa shape index (κ2) is 5.25. The Labute approximate surface area is 113 Å². The summed E-state index contributed by atoms with van der Waals surface area (Å²) in [5, 5.41) is 3.25. The summed E-state index contributed by atoms with van der Waals surface area (Å²) in [5.41, 5.74) is 1.89. The van der Waals surface area contributed by atoms with E-state index in [1.165, 1.54) is 25.6 Å². The van der Waals surface area contributed by atoms with Gasteiger partial charge in [0.15, 0.2) is 0 Å². The number of aromatic nitrogens is 2. The number of rotatable bonds is 2. The van der Waals surface area contributed by atoms with Crippen LogP contribution in [0.5, 0.6) is 0 Å². The molecule has 1 aliphatic heterocycles. The molecule has 2 aliphatic rings. The Hall–Kier alpha value is -1.49. The Kier molecular flexibility index (Phi) is 3.46. The van der Waals surface area contributed by atoms with Crippen molar-refractivity contribution in [2.75, 3.05) is 7.05 Å². The van der Waals surface area contributed by atoms with Crippen LogP contribution in [0.15, 0.2) is 12.5 Å². The second-order valence-corrected chi connectivity index (χ2v) is 5.48. The number of nitrogens with one attached hydrogen (secondary N) is 1. The van der Waals surface area contributed by atoms with E-state index in [1.807, 2.05) is 11.9 Å². The smallest absolute Gasteiger partial charge is 0.244 e. The van der Waals surface area contributed by atoms with Gasteiger partial charge >= 0.3 is 0 Å². The Balaban J connectivity index is 1.74. The zero-order valence-electron chi connectivity index (χ0n) is 11.3. The van der Waals surface area contributed by atoms with Crippen molar-refractivity contribution in [2.45, 2.75) is 50.7 Å². The molecule has 5 heteroatoms. The molecule has 102 valence electrons. The van der Waals surface area contributed by atoms with Crippen molar-refractivity contribution in [3.63, 3.8) is 0 Å². The monoisotopic (exact) mass is 260 g/mol. The Morgan fingerprint density at radius 1 is 1.37 bits per heavy atom. The first kappa shape index (κ1) is 12.5. The van der Waals surface area contributed by atoms with E-state index in [4.69, 9.17) is 0 Å². The van der Waals surface area contributed by atoms with Gasteiger partial charge in [-0.05, 0) is 12.8 Å². The van der Waals surface area contributed by atoms with Crippen molar-refractivity contribution in [1.82, 2.24) is 20.2 Å². The number of fused-ring (bicyclic) bond motifs is 1. The van der Waals surface area contributed by atoms with E-state index in [0.29, 0.717) is 12.6 Å². The highest BCUT2D eigenvalue weighted by Gasteiger charge is 2.33. The molecule has 0 aromatic carbocycles. The maximum Gasteiger partial charge on any atom is 0.244 e. The van der Waals surface area contributed by atoms with Gasteiger partial charge in [0, 0.05) is 31.4 Å². The summed E-state index contributed by atoms with van der Waals surface area (Å²) >= 11 is 0. The van der Waals surface area contributed by atoms with Gasteiger partial charge in [0.25, 0.3) is 0 Å². The third-order valence-electron chi connectivity index (χ3n) is 4.33. The van der Waals surface area contributed by atoms with Crippen molar-refractivity contribution in [3.8, 4) is 0 Å². The predicted molar refractivity (Wildman–Crippen MR) is 71.3 cm³/mol. The van der Waals surface area contributed by atoms with Gasteiger partial charge in [0.05, 0.1) is 5.69 Å². The lowest BCUT2D eigenvalue weighted by Crippen LogP contribution is -2.43. The molecule has 19 heavy (non-hydrogen) atoms. The number of carbonyl (C=O) groups excluding carboxylic acids is 1. The highest BCUT2D eigenvalue weighted by atomic mass is 16.2. The van der Waals surface area contributed by atoms with Crippen molar-refractivity contribution >= 4 is 5.91 Å². The highest BCUT2D eigenvalue weighted by molar-refractivity contribution is 5.84. The van der Waals surface area contributed by atoms with E-state index < -0.39 is 0 Å². The summed E-state index contributed by atoms with van der Waals surface area (Å²) in [7, 11) is 1.93. The van der Waals surface area contributed by atoms with Crippen molar-refractivity contribution < 1.29 is 4.79 Å². The molecule has 3 rings (SSSR count). The summed E-state index contributed by atoms with van der Waals surface area (Å²) < 4.78 is 0. The minimum absolute atomic E-state index is 0.153. The number of amides is 1. The topological polar surface area (TPSA) is 58.1 Å². The normalized spacial score (nSPS) is 23.1. The maximum atomic E-state index is 12.6. The van der Waals surface area contributed by atoms with Crippen LogP contribution < -0.4 is 5.32 Å². The molecule has 5 nitrogen and oxygen atoms in total. The number of carbonyl (C=O) groups is 1. The summed E-state index contributed by atoms with van der Waals surface area (Å²) in [6.07, 6.45) is 9.34.